The number of benzene rings is 3. The number of hydrogen-bond donors (Lipinski definition) is 0. The highest BCUT2D eigenvalue weighted by Crippen LogP contribution is 2.33. The molecule has 1 saturated heterocycles. The summed E-state index contributed by atoms with van der Waals surface area (Å²) in [6, 6.07) is 18.9. The summed E-state index contributed by atoms with van der Waals surface area (Å²) < 4.78 is 39.7. The first-order valence-corrected chi connectivity index (χ1v) is 15.7. The Morgan fingerprint density at radius 2 is 1.85 bits per heavy atom. The maximum Gasteiger partial charge on any atom is 0.280 e. The molecule has 1 aliphatic rings. The molecule has 9 nitrogen and oxygen atoms in total. The van der Waals surface area contributed by atoms with E-state index in [9.17, 15) is 13.2 Å². The molecule has 4 aromatic rings. The van der Waals surface area contributed by atoms with Gasteiger partial charge in [0.05, 0.1) is 35.0 Å². The zero-order chi connectivity index (χ0) is 29.0. The van der Waals surface area contributed by atoms with Crippen LogP contribution in [0.2, 0.25) is 0 Å². The maximum atomic E-state index is 13.8. The van der Waals surface area contributed by atoms with E-state index in [1.165, 1.54) is 44.9 Å². The van der Waals surface area contributed by atoms with Gasteiger partial charge in [-0.3, -0.25) is 4.79 Å². The average Bonchev–Trinajstić information content (AvgIpc) is 3.41. The van der Waals surface area contributed by atoms with E-state index in [4.69, 9.17) is 9.47 Å². The molecular weight excluding hydrogens is 560 g/mol. The third-order valence-corrected chi connectivity index (χ3v) is 9.70. The Balaban J connectivity index is 1.46. The van der Waals surface area contributed by atoms with Crippen LogP contribution in [-0.4, -0.2) is 56.6 Å². The number of carbonyl (C=O) groups excluding carboxylic acids is 1. The van der Waals surface area contributed by atoms with Crippen molar-refractivity contribution < 1.29 is 22.7 Å². The monoisotopic (exact) mass is 592 g/mol. The Morgan fingerprint density at radius 1 is 1.12 bits per heavy atom. The molecule has 0 aliphatic carbocycles. The van der Waals surface area contributed by atoms with E-state index in [1.54, 1.807) is 13.3 Å². The molecule has 2 heterocycles. The number of piperidine rings is 1. The van der Waals surface area contributed by atoms with Crippen molar-refractivity contribution in [2.75, 3.05) is 31.8 Å². The lowest BCUT2D eigenvalue weighted by Crippen LogP contribution is -2.39. The van der Waals surface area contributed by atoms with E-state index in [-0.39, 0.29) is 10.5 Å². The van der Waals surface area contributed by atoms with Crippen molar-refractivity contribution in [3.8, 4) is 11.5 Å². The second-order valence-corrected chi connectivity index (χ2v) is 12.8. The van der Waals surface area contributed by atoms with E-state index >= 15 is 0 Å². The number of methoxy groups -OCH3 is 1. The van der Waals surface area contributed by atoms with Gasteiger partial charge in [-0.1, -0.05) is 18.3 Å². The first-order valence-electron chi connectivity index (χ1n) is 13.4. The lowest BCUT2D eigenvalue weighted by Gasteiger charge is -2.30. The van der Waals surface area contributed by atoms with Gasteiger partial charge in [0.1, 0.15) is 11.5 Å². The SMILES string of the molecule is CCOc1ccc(/C=N/N(C(=O)c2ccc(S(=O)(=O)N3CCCC(C)C3)cc2)c2nc3ccc(OC)cc3s2)cc1. The molecule has 1 unspecified atom stereocenters. The van der Waals surface area contributed by atoms with Crippen molar-refractivity contribution in [1.29, 1.82) is 0 Å². The lowest BCUT2D eigenvalue weighted by atomic mass is 10.0. The summed E-state index contributed by atoms with van der Waals surface area (Å²) >= 11 is 1.31. The van der Waals surface area contributed by atoms with Crippen LogP contribution in [0.3, 0.4) is 0 Å². The Kier molecular flexibility index (Phi) is 8.67. The molecule has 214 valence electrons. The zero-order valence-corrected chi connectivity index (χ0v) is 24.8. The third-order valence-electron chi connectivity index (χ3n) is 6.83. The van der Waals surface area contributed by atoms with Crippen LogP contribution in [0.4, 0.5) is 5.13 Å². The molecular formula is C30H32N4O5S2. The van der Waals surface area contributed by atoms with Gasteiger partial charge in [0.15, 0.2) is 0 Å². The molecule has 0 bridgehead atoms. The Hall–Kier alpha value is -3.80. The Bertz CT molecular complexity index is 1650. The molecule has 41 heavy (non-hydrogen) atoms. The van der Waals surface area contributed by atoms with Gasteiger partial charge in [-0.2, -0.15) is 14.4 Å². The van der Waals surface area contributed by atoms with Crippen molar-refractivity contribution in [2.45, 2.75) is 31.6 Å². The lowest BCUT2D eigenvalue weighted by molar-refractivity contribution is 0.0987. The molecule has 0 N–H and O–H groups in total. The van der Waals surface area contributed by atoms with Crippen LogP contribution in [0.25, 0.3) is 10.2 Å². The van der Waals surface area contributed by atoms with Crippen LogP contribution in [0.5, 0.6) is 11.5 Å². The predicted octanol–water partition coefficient (Wildman–Crippen LogP) is 5.81. The zero-order valence-electron chi connectivity index (χ0n) is 23.2. The summed E-state index contributed by atoms with van der Waals surface area (Å²) in [7, 11) is -2.05. The van der Waals surface area contributed by atoms with Gasteiger partial charge < -0.3 is 9.47 Å². The summed E-state index contributed by atoms with van der Waals surface area (Å²) in [4.78, 5) is 18.6. The molecule has 1 fully saturated rings. The minimum atomic E-state index is -3.64. The molecule has 1 aliphatic heterocycles. The molecule has 3 aromatic carbocycles. The molecule has 1 atom stereocenters. The number of rotatable bonds is 9. The van der Waals surface area contributed by atoms with Crippen molar-refractivity contribution in [2.24, 2.45) is 11.0 Å². The largest absolute Gasteiger partial charge is 0.497 e. The Morgan fingerprint density at radius 3 is 2.54 bits per heavy atom. The normalized spacial score (nSPS) is 16.2. The Labute approximate surface area is 244 Å². The van der Waals surface area contributed by atoms with Crippen molar-refractivity contribution in [3.05, 3.63) is 77.9 Å². The highest BCUT2D eigenvalue weighted by Gasteiger charge is 2.29. The van der Waals surface area contributed by atoms with Crippen molar-refractivity contribution in [3.63, 3.8) is 0 Å². The molecule has 1 amide bonds. The number of nitrogens with zero attached hydrogens (tertiary/aromatic N) is 4. The van der Waals surface area contributed by atoms with Gasteiger partial charge in [0.25, 0.3) is 5.91 Å². The van der Waals surface area contributed by atoms with Gasteiger partial charge in [-0.05, 0) is 98.0 Å². The van der Waals surface area contributed by atoms with E-state index in [0.29, 0.717) is 42.0 Å². The first-order chi connectivity index (χ1) is 19.8. The highest BCUT2D eigenvalue weighted by molar-refractivity contribution is 7.89. The van der Waals surface area contributed by atoms with Gasteiger partial charge in [0.2, 0.25) is 15.2 Å². The number of aromatic nitrogens is 1. The van der Waals surface area contributed by atoms with Gasteiger partial charge in [-0.25, -0.2) is 13.4 Å². The summed E-state index contributed by atoms with van der Waals surface area (Å²) in [5, 5.41) is 6.13. The topological polar surface area (TPSA) is 101 Å². The maximum absolute atomic E-state index is 13.8. The van der Waals surface area contributed by atoms with Crippen LogP contribution >= 0.6 is 11.3 Å². The number of anilines is 1. The molecule has 0 saturated carbocycles. The summed E-state index contributed by atoms with van der Waals surface area (Å²) in [5.74, 6) is 1.30. The quantitative estimate of drug-likeness (QED) is 0.180. The molecule has 1 aromatic heterocycles. The van der Waals surface area contributed by atoms with E-state index in [2.05, 4.69) is 17.0 Å². The number of ether oxygens (including phenoxy) is 2. The van der Waals surface area contributed by atoms with E-state index in [1.807, 2.05) is 49.4 Å². The van der Waals surface area contributed by atoms with Crippen molar-refractivity contribution >= 4 is 48.8 Å². The number of fused-ring (bicyclic) bond motifs is 1. The fourth-order valence-corrected chi connectivity index (χ4v) is 7.19. The molecule has 0 radical (unpaired) electrons. The van der Waals surface area contributed by atoms with Crippen LogP contribution in [0.1, 0.15) is 42.6 Å². The molecule has 5 rings (SSSR count). The summed E-state index contributed by atoms with van der Waals surface area (Å²) in [6.07, 6.45) is 3.44. The van der Waals surface area contributed by atoms with E-state index < -0.39 is 15.9 Å². The number of hydrogen-bond acceptors (Lipinski definition) is 8. The second-order valence-electron chi connectivity index (χ2n) is 9.83. The first kappa shape index (κ1) is 28.7. The minimum Gasteiger partial charge on any atom is -0.497 e. The average molecular weight is 593 g/mol. The van der Waals surface area contributed by atoms with Gasteiger partial charge in [0, 0.05) is 18.7 Å². The highest BCUT2D eigenvalue weighted by atomic mass is 32.2. The standard InChI is InChI=1S/C30H32N4O5S2/c1-4-39-24-11-7-22(8-12-24)19-31-34(30-32-27-16-13-25(38-3)18-28(27)40-30)29(35)23-9-14-26(15-10-23)41(36,37)33-17-5-6-21(2)20-33/h7-16,18-19,21H,4-6,17,20H2,1-3H3/b31-19+. The third kappa shape index (κ3) is 6.42. The smallest absolute Gasteiger partial charge is 0.280 e. The number of sulfonamides is 1. The van der Waals surface area contributed by atoms with Crippen LogP contribution in [0.15, 0.2) is 76.7 Å². The number of thiazole rings is 1. The van der Waals surface area contributed by atoms with Crippen LogP contribution < -0.4 is 14.5 Å². The number of carbonyl (C=O) groups is 1. The van der Waals surface area contributed by atoms with Crippen molar-refractivity contribution in [1.82, 2.24) is 9.29 Å². The second kappa shape index (κ2) is 12.4. The fraction of sp³-hybridized carbons (Fsp3) is 0.300. The molecule has 11 heteroatoms. The summed E-state index contributed by atoms with van der Waals surface area (Å²) in [6.45, 7) is 5.55. The van der Waals surface area contributed by atoms with Gasteiger partial charge >= 0.3 is 0 Å². The number of amides is 1. The van der Waals surface area contributed by atoms with Crippen LogP contribution in [-0.2, 0) is 10.0 Å². The number of hydrazone groups is 1. The predicted molar refractivity (Wildman–Crippen MR) is 162 cm³/mol. The minimum absolute atomic E-state index is 0.166. The molecule has 0 spiro atoms. The summed E-state index contributed by atoms with van der Waals surface area (Å²) in [5.41, 5.74) is 1.76. The fourth-order valence-electron chi connectivity index (χ4n) is 4.65. The van der Waals surface area contributed by atoms with Gasteiger partial charge in [-0.15, -0.1) is 0 Å². The van der Waals surface area contributed by atoms with E-state index in [0.717, 1.165) is 28.9 Å². The van der Waals surface area contributed by atoms with Crippen LogP contribution in [0, 0.1) is 5.92 Å².